The zero-order valence-electron chi connectivity index (χ0n) is 11.1. The third-order valence-electron chi connectivity index (χ3n) is 2.12. The highest BCUT2D eigenvalue weighted by molar-refractivity contribution is 7.90. The maximum atomic E-state index is 11.9. The quantitative estimate of drug-likeness (QED) is 0.837. The molecule has 0 aliphatic heterocycles. The fraction of sp³-hybridized carbons (Fsp3) is 0.308. The summed E-state index contributed by atoms with van der Waals surface area (Å²) in [4.78, 5) is 11.3. The molecule has 1 aromatic rings. The first-order valence-corrected chi connectivity index (χ1v) is 7.20. The van der Waals surface area contributed by atoms with Gasteiger partial charge in [-0.25, -0.2) is 13.1 Å². The lowest BCUT2D eigenvalue weighted by Gasteiger charge is -2.10. The summed E-state index contributed by atoms with van der Waals surface area (Å²) in [5, 5.41) is 0. The van der Waals surface area contributed by atoms with E-state index in [1.54, 1.807) is 12.1 Å². The summed E-state index contributed by atoms with van der Waals surface area (Å²) >= 11 is 0. The molecule has 1 aromatic carbocycles. The lowest BCUT2D eigenvalue weighted by molar-refractivity contribution is -0.115. The van der Waals surface area contributed by atoms with E-state index in [9.17, 15) is 13.2 Å². The third kappa shape index (κ3) is 4.40. The van der Waals surface area contributed by atoms with E-state index in [4.69, 9.17) is 4.74 Å². The minimum atomic E-state index is -3.87. The molecule has 1 rings (SSSR count). The van der Waals surface area contributed by atoms with E-state index < -0.39 is 15.9 Å². The second kappa shape index (κ2) is 5.88. The van der Waals surface area contributed by atoms with Crippen molar-refractivity contribution in [3.05, 3.63) is 36.4 Å². The van der Waals surface area contributed by atoms with E-state index in [0.29, 0.717) is 5.75 Å². The lowest BCUT2D eigenvalue weighted by atomic mass is 10.3. The van der Waals surface area contributed by atoms with Gasteiger partial charge in [0.1, 0.15) is 5.75 Å². The van der Waals surface area contributed by atoms with Gasteiger partial charge in [-0.3, -0.25) is 4.79 Å². The average Bonchev–Trinajstić information content (AvgIpc) is 2.28. The highest BCUT2D eigenvalue weighted by Crippen LogP contribution is 2.17. The minimum absolute atomic E-state index is 0.00166. The van der Waals surface area contributed by atoms with Crippen molar-refractivity contribution < 1.29 is 17.9 Å². The molecule has 0 aliphatic carbocycles. The van der Waals surface area contributed by atoms with Crippen molar-refractivity contribution >= 4 is 15.9 Å². The number of carbonyl (C=O) groups excluding carboxylic acids is 1. The lowest BCUT2D eigenvalue weighted by Crippen LogP contribution is -2.30. The number of hydrogen-bond acceptors (Lipinski definition) is 4. The number of amides is 1. The topological polar surface area (TPSA) is 72.5 Å². The Labute approximate surface area is 113 Å². The monoisotopic (exact) mass is 283 g/mol. The molecule has 0 aliphatic rings. The predicted molar refractivity (Wildman–Crippen MR) is 72.3 cm³/mol. The van der Waals surface area contributed by atoms with Crippen LogP contribution in [0, 0.1) is 0 Å². The summed E-state index contributed by atoms with van der Waals surface area (Å²) in [6, 6.07) is 5.84. The van der Waals surface area contributed by atoms with Crippen LogP contribution < -0.4 is 9.46 Å². The van der Waals surface area contributed by atoms with Gasteiger partial charge in [0.2, 0.25) is 0 Å². The molecule has 0 unspecified atom stereocenters. The van der Waals surface area contributed by atoms with Gasteiger partial charge in [0.15, 0.2) is 0 Å². The first-order valence-electron chi connectivity index (χ1n) is 5.72. The summed E-state index contributed by atoms with van der Waals surface area (Å²) in [6.07, 6.45) is 0.00516. The molecular formula is C13H17NO4S. The van der Waals surface area contributed by atoms with Crippen molar-refractivity contribution in [3.8, 4) is 5.75 Å². The second-order valence-electron chi connectivity index (χ2n) is 4.35. The fourth-order valence-corrected chi connectivity index (χ4v) is 2.27. The number of carbonyl (C=O) groups is 1. The Morgan fingerprint density at radius 3 is 2.21 bits per heavy atom. The number of benzene rings is 1. The van der Waals surface area contributed by atoms with Gasteiger partial charge in [-0.2, -0.15) is 0 Å². The smallest absolute Gasteiger partial charge is 0.264 e. The Hall–Kier alpha value is -1.82. The number of rotatable bonds is 5. The molecule has 0 radical (unpaired) electrons. The van der Waals surface area contributed by atoms with Gasteiger partial charge >= 0.3 is 0 Å². The summed E-state index contributed by atoms with van der Waals surface area (Å²) in [5.41, 5.74) is 0.128. The standard InChI is InChI=1S/C13H17NO4S/c1-9(2)13(15)14-19(16,17)12-7-5-11(6-8-12)18-10(3)4/h5-8,10H,1H2,2-4H3,(H,14,15). The maximum Gasteiger partial charge on any atom is 0.264 e. The molecule has 1 amide bonds. The molecule has 6 heteroatoms. The predicted octanol–water partition coefficient (Wildman–Crippen LogP) is 1.85. The van der Waals surface area contributed by atoms with Crippen molar-refractivity contribution in [1.82, 2.24) is 4.72 Å². The van der Waals surface area contributed by atoms with Gasteiger partial charge in [0.05, 0.1) is 11.0 Å². The van der Waals surface area contributed by atoms with E-state index in [1.165, 1.54) is 19.1 Å². The molecule has 0 atom stereocenters. The van der Waals surface area contributed by atoms with Crippen LogP contribution >= 0.6 is 0 Å². The van der Waals surface area contributed by atoms with E-state index in [2.05, 4.69) is 6.58 Å². The van der Waals surface area contributed by atoms with Crippen LogP contribution in [0.2, 0.25) is 0 Å². The zero-order valence-corrected chi connectivity index (χ0v) is 12.0. The van der Waals surface area contributed by atoms with Gasteiger partial charge in [0, 0.05) is 5.57 Å². The summed E-state index contributed by atoms with van der Waals surface area (Å²) in [7, 11) is -3.87. The fourth-order valence-electron chi connectivity index (χ4n) is 1.24. The number of sulfonamides is 1. The number of ether oxygens (including phenoxy) is 1. The van der Waals surface area contributed by atoms with Crippen LogP contribution in [0.5, 0.6) is 5.75 Å². The highest BCUT2D eigenvalue weighted by atomic mass is 32.2. The Bertz CT molecular complexity index is 573. The van der Waals surface area contributed by atoms with Gasteiger partial charge < -0.3 is 4.74 Å². The molecule has 5 nitrogen and oxygen atoms in total. The molecule has 0 saturated carbocycles. The van der Waals surface area contributed by atoms with E-state index in [-0.39, 0.29) is 16.6 Å². The first-order chi connectivity index (χ1) is 8.72. The number of nitrogens with one attached hydrogen (secondary N) is 1. The first kappa shape index (κ1) is 15.2. The molecule has 104 valence electrons. The van der Waals surface area contributed by atoms with Gasteiger partial charge in [0.25, 0.3) is 15.9 Å². The van der Waals surface area contributed by atoms with Crippen LogP contribution in [0.1, 0.15) is 20.8 Å². The summed E-state index contributed by atoms with van der Waals surface area (Å²) in [5.74, 6) is -0.150. The van der Waals surface area contributed by atoms with Crippen LogP contribution in [0.15, 0.2) is 41.3 Å². The van der Waals surface area contributed by atoms with Crippen molar-refractivity contribution in [2.45, 2.75) is 31.8 Å². The van der Waals surface area contributed by atoms with Crippen LogP contribution in [0.25, 0.3) is 0 Å². The van der Waals surface area contributed by atoms with Crippen molar-refractivity contribution in [1.29, 1.82) is 0 Å². The van der Waals surface area contributed by atoms with Crippen molar-refractivity contribution in [2.24, 2.45) is 0 Å². The molecule has 0 fully saturated rings. The van der Waals surface area contributed by atoms with Gasteiger partial charge in [-0.05, 0) is 45.0 Å². The molecule has 1 N–H and O–H groups in total. The Morgan fingerprint density at radius 1 is 1.26 bits per heavy atom. The molecule has 0 heterocycles. The third-order valence-corrected chi connectivity index (χ3v) is 3.47. The molecule has 0 spiro atoms. The maximum absolute atomic E-state index is 11.9. The number of hydrogen-bond donors (Lipinski definition) is 1. The van der Waals surface area contributed by atoms with E-state index in [1.807, 2.05) is 18.6 Å². The van der Waals surface area contributed by atoms with Crippen LogP contribution in [-0.2, 0) is 14.8 Å². The van der Waals surface area contributed by atoms with Crippen molar-refractivity contribution in [3.63, 3.8) is 0 Å². The largest absolute Gasteiger partial charge is 0.491 e. The molecule has 0 bridgehead atoms. The molecular weight excluding hydrogens is 266 g/mol. The summed E-state index contributed by atoms with van der Waals surface area (Å²) < 4.78 is 31.1. The minimum Gasteiger partial charge on any atom is -0.491 e. The van der Waals surface area contributed by atoms with E-state index >= 15 is 0 Å². The van der Waals surface area contributed by atoms with Gasteiger partial charge in [-0.15, -0.1) is 0 Å². The van der Waals surface area contributed by atoms with E-state index in [0.717, 1.165) is 0 Å². The average molecular weight is 283 g/mol. The molecule has 0 saturated heterocycles. The normalized spacial score (nSPS) is 11.2. The Balaban J connectivity index is 2.91. The Kier molecular flexibility index (Phi) is 4.72. The second-order valence-corrected chi connectivity index (χ2v) is 6.04. The van der Waals surface area contributed by atoms with Crippen LogP contribution in [-0.4, -0.2) is 20.4 Å². The Morgan fingerprint density at radius 2 is 1.79 bits per heavy atom. The summed E-state index contributed by atoms with van der Waals surface area (Å²) in [6.45, 7) is 8.56. The highest BCUT2D eigenvalue weighted by Gasteiger charge is 2.17. The van der Waals surface area contributed by atoms with Gasteiger partial charge in [-0.1, -0.05) is 6.58 Å². The molecule has 19 heavy (non-hydrogen) atoms. The SMILES string of the molecule is C=C(C)C(=O)NS(=O)(=O)c1ccc(OC(C)C)cc1. The molecule has 0 aromatic heterocycles. The van der Waals surface area contributed by atoms with Crippen LogP contribution in [0.4, 0.5) is 0 Å². The van der Waals surface area contributed by atoms with Crippen LogP contribution in [0.3, 0.4) is 0 Å². The van der Waals surface area contributed by atoms with Crippen molar-refractivity contribution in [2.75, 3.05) is 0 Å². The zero-order chi connectivity index (χ0) is 14.6.